The molecule has 0 spiro atoms. The van der Waals surface area contributed by atoms with Gasteiger partial charge in [-0.05, 0) is 73.2 Å². The van der Waals surface area contributed by atoms with Crippen LogP contribution in [0, 0.1) is 6.92 Å². The summed E-state index contributed by atoms with van der Waals surface area (Å²) >= 11 is 0. The lowest BCUT2D eigenvalue weighted by Crippen LogP contribution is -2.21. The first kappa shape index (κ1) is 22.6. The zero-order chi connectivity index (χ0) is 22.5. The summed E-state index contributed by atoms with van der Waals surface area (Å²) in [6.07, 6.45) is 1.29. The van der Waals surface area contributed by atoms with E-state index < -0.39 is 23.9 Å². The van der Waals surface area contributed by atoms with Gasteiger partial charge in [-0.1, -0.05) is 32.9 Å². The number of nitrogens with zero attached hydrogens (tertiary/aromatic N) is 1. The number of sulfone groups is 2. The van der Waals surface area contributed by atoms with Crippen LogP contribution in [-0.2, 0) is 25.1 Å². The van der Waals surface area contributed by atoms with Crippen molar-refractivity contribution in [2.45, 2.75) is 56.7 Å². The van der Waals surface area contributed by atoms with Crippen molar-refractivity contribution in [2.24, 2.45) is 0 Å². The van der Waals surface area contributed by atoms with Gasteiger partial charge in [-0.2, -0.15) is 0 Å². The summed E-state index contributed by atoms with van der Waals surface area (Å²) in [4.78, 5) is 1.91. The van der Waals surface area contributed by atoms with Gasteiger partial charge in [0.25, 0.3) is 0 Å². The fourth-order valence-corrected chi connectivity index (χ4v) is 8.19. The SMILES string of the molecule is CCN(CC)c1ccc(C=C2S(=O)(=O)c3ccc(C(C)(C)C)cc3S2(=O)=O)c(C)c1. The molecule has 7 heteroatoms. The van der Waals surface area contributed by atoms with Gasteiger partial charge in [-0.15, -0.1) is 0 Å². The Balaban J connectivity index is 2.16. The van der Waals surface area contributed by atoms with E-state index in [-0.39, 0.29) is 15.2 Å². The fourth-order valence-electron chi connectivity index (χ4n) is 3.66. The molecule has 162 valence electrons. The van der Waals surface area contributed by atoms with E-state index in [0.29, 0.717) is 5.56 Å². The summed E-state index contributed by atoms with van der Waals surface area (Å²) in [6.45, 7) is 13.6. The highest BCUT2D eigenvalue weighted by Crippen LogP contribution is 2.43. The van der Waals surface area contributed by atoms with Crippen LogP contribution in [0.1, 0.15) is 51.3 Å². The van der Waals surface area contributed by atoms with Crippen LogP contribution in [0.4, 0.5) is 5.69 Å². The van der Waals surface area contributed by atoms with Crippen molar-refractivity contribution in [1.29, 1.82) is 0 Å². The predicted octanol–water partition coefficient (Wildman–Crippen LogP) is 4.70. The molecule has 0 saturated heterocycles. The number of hydrogen-bond donors (Lipinski definition) is 0. The zero-order valence-electron chi connectivity index (χ0n) is 18.4. The highest BCUT2D eigenvalue weighted by Gasteiger charge is 2.45. The molecular formula is C23H29NO4S2. The van der Waals surface area contributed by atoms with Crippen LogP contribution in [0.5, 0.6) is 0 Å². The van der Waals surface area contributed by atoms with Crippen LogP contribution in [-0.4, -0.2) is 29.9 Å². The molecule has 3 rings (SSSR count). The molecule has 0 aromatic heterocycles. The summed E-state index contributed by atoms with van der Waals surface area (Å²) in [5, 5.41) is 0. The van der Waals surface area contributed by atoms with E-state index in [2.05, 4.69) is 18.7 Å². The molecule has 30 heavy (non-hydrogen) atoms. The average molecular weight is 448 g/mol. The molecule has 0 saturated carbocycles. The Kier molecular flexibility index (Phi) is 5.67. The number of anilines is 1. The Morgan fingerprint density at radius 2 is 1.47 bits per heavy atom. The number of fused-ring (bicyclic) bond motifs is 1. The Morgan fingerprint density at radius 1 is 0.867 bits per heavy atom. The van der Waals surface area contributed by atoms with E-state index in [1.165, 1.54) is 18.2 Å². The third kappa shape index (κ3) is 3.69. The second kappa shape index (κ2) is 7.54. The summed E-state index contributed by atoms with van der Waals surface area (Å²) < 4.78 is 52.0. The van der Waals surface area contributed by atoms with E-state index in [1.54, 1.807) is 12.1 Å². The monoisotopic (exact) mass is 447 g/mol. The van der Waals surface area contributed by atoms with Crippen LogP contribution in [0.25, 0.3) is 6.08 Å². The molecule has 0 N–H and O–H groups in total. The molecular weight excluding hydrogens is 418 g/mol. The topological polar surface area (TPSA) is 71.5 Å². The Labute approximate surface area is 180 Å². The number of benzene rings is 2. The van der Waals surface area contributed by atoms with Crippen molar-refractivity contribution < 1.29 is 16.8 Å². The number of hydrogen-bond acceptors (Lipinski definition) is 5. The first-order chi connectivity index (χ1) is 13.8. The maximum atomic E-state index is 13.2. The molecule has 0 fully saturated rings. The lowest BCUT2D eigenvalue weighted by atomic mass is 9.87. The largest absolute Gasteiger partial charge is 0.372 e. The van der Waals surface area contributed by atoms with Gasteiger partial charge in [0, 0.05) is 18.8 Å². The van der Waals surface area contributed by atoms with Gasteiger partial charge in [0.1, 0.15) is 0 Å². The molecule has 0 radical (unpaired) electrons. The van der Waals surface area contributed by atoms with E-state index in [1.807, 2.05) is 39.8 Å². The third-order valence-electron chi connectivity index (χ3n) is 5.57. The van der Waals surface area contributed by atoms with Crippen LogP contribution in [0.3, 0.4) is 0 Å². The standard InChI is InChI=1S/C23H29NO4S2/c1-7-24(8-2)19-11-9-17(16(3)13-19)14-22-29(25,26)20-12-10-18(23(4,5)6)15-21(20)30(22,27)28/h9-15H,7-8H2,1-6H3. The second-order valence-corrected chi connectivity index (χ2v) is 12.6. The zero-order valence-corrected chi connectivity index (χ0v) is 20.0. The smallest absolute Gasteiger partial charge is 0.219 e. The van der Waals surface area contributed by atoms with Gasteiger partial charge in [0.05, 0.1) is 9.79 Å². The fraction of sp³-hybridized carbons (Fsp3) is 0.391. The third-order valence-corrected chi connectivity index (χ3v) is 10.2. The minimum atomic E-state index is -4.12. The number of aryl methyl sites for hydroxylation is 1. The van der Waals surface area contributed by atoms with Gasteiger partial charge in [0.15, 0.2) is 4.24 Å². The normalized spacial score (nSPS) is 18.4. The van der Waals surface area contributed by atoms with Crippen molar-refractivity contribution in [3.63, 3.8) is 0 Å². The molecule has 0 atom stereocenters. The molecule has 1 heterocycles. The highest BCUT2D eigenvalue weighted by molar-refractivity contribution is 8.17. The van der Waals surface area contributed by atoms with Gasteiger partial charge in [-0.3, -0.25) is 0 Å². The molecule has 2 aromatic rings. The molecule has 2 aromatic carbocycles. The quantitative estimate of drug-likeness (QED) is 0.679. The molecule has 0 aliphatic carbocycles. The van der Waals surface area contributed by atoms with Crippen molar-refractivity contribution in [2.75, 3.05) is 18.0 Å². The predicted molar refractivity (Wildman–Crippen MR) is 122 cm³/mol. The lowest BCUT2D eigenvalue weighted by Gasteiger charge is -2.21. The summed E-state index contributed by atoms with van der Waals surface area (Å²) in [6, 6.07) is 10.2. The average Bonchev–Trinajstić information content (AvgIpc) is 2.81. The first-order valence-electron chi connectivity index (χ1n) is 10.1. The molecule has 0 bridgehead atoms. The van der Waals surface area contributed by atoms with E-state index >= 15 is 0 Å². The van der Waals surface area contributed by atoms with Crippen LogP contribution in [0.2, 0.25) is 0 Å². The summed E-state index contributed by atoms with van der Waals surface area (Å²) in [5.74, 6) is 0. The second-order valence-electron chi connectivity index (χ2n) is 8.59. The molecule has 1 aliphatic rings. The molecule has 0 amide bonds. The molecule has 0 unspecified atom stereocenters. The summed E-state index contributed by atoms with van der Waals surface area (Å²) in [7, 11) is -8.23. The summed E-state index contributed by atoms with van der Waals surface area (Å²) in [5.41, 5.74) is 2.91. The first-order valence-corrected chi connectivity index (χ1v) is 13.0. The van der Waals surface area contributed by atoms with Gasteiger partial charge >= 0.3 is 0 Å². The van der Waals surface area contributed by atoms with Crippen LogP contribution >= 0.6 is 0 Å². The van der Waals surface area contributed by atoms with Gasteiger partial charge in [-0.25, -0.2) is 16.8 Å². The van der Waals surface area contributed by atoms with Crippen molar-refractivity contribution in [3.8, 4) is 0 Å². The maximum Gasteiger partial charge on any atom is 0.219 e. The van der Waals surface area contributed by atoms with Crippen molar-refractivity contribution in [1.82, 2.24) is 0 Å². The lowest BCUT2D eigenvalue weighted by molar-refractivity contribution is 0.582. The Bertz CT molecular complexity index is 1230. The van der Waals surface area contributed by atoms with E-state index in [0.717, 1.165) is 29.9 Å². The Morgan fingerprint density at radius 3 is 2.00 bits per heavy atom. The number of rotatable bonds is 4. The minimum absolute atomic E-state index is 0.126. The maximum absolute atomic E-state index is 13.2. The van der Waals surface area contributed by atoms with Crippen molar-refractivity contribution in [3.05, 3.63) is 57.3 Å². The van der Waals surface area contributed by atoms with Crippen molar-refractivity contribution >= 4 is 31.4 Å². The minimum Gasteiger partial charge on any atom is -0.372 e. The van der Waals surface area contributed by atoms with Gasteiger partial charge < -0.3 is 4.90 Å². The van der Waals surface area contributed by atoms with Crippen LogP contribution in [0.15, 0.2) is 50.4 Å². The molecule has 5 nitrogen and oxygen atoms in total. The van der Waals surface area contributed by atoms with E-state index in [4.69, 9.17) is 0 Å². The highest BCUT2D eigenvalue weighted by atomic mass is 32.3. The van der Waals surface area contributed by atoms with Crippen LogP contribution < -0.4 is 4.90 Å². The molecule has 1 aliphatic heterocycles. The van der Waals surface area contributed by atoms with E-state index in [9.17, 15) is 16.8 Å². The Hall–Kier alpha value is -2.12. The van der Waals surface area contributed by atoms with Gasteiger partial charge in [0.2, 0.25) is 19.7 Å².